The first-order chi connectivity index (χ1) is 8.53. The first-order valence-corrected chi connectivity index (χ1v) is 6.13. The van der Waals surface area contributed by atoms with Crippen molar-refractivity contribution >= 4 is 23.2 Å². The van der Waals surface area contributed by atoms with Gasteiger partial charge in [-0.2, -0.15) is 0 Å². The fourth-order valence-corrected chi connectivity index (χ4v) is 1.63. The van der Waals surface area contributed by atoms with Crippen molar-refractivity contribution in [2.24, 2.45) is 5.92 Å². The summed E-state index contributed by atoms with van der Waals surface area (Å²) in [4.78, 5) is 11.9. The van der Waals surface area contributed by atoms with E-state index in [1.807, 2.05) is 13.8 Å². The zero-order chi connectivity index (χ0) is 13.7. The van der Waals surface area contributed by atoms with Crippen LogP contribution in [0.25, 0.3) is 0 Å². The highest BCUT2D eigenvalue weighted by Crippen LogP contribution is 2.36. The van der Waals surface area contributed by atoms with Crippen LogP contribution in [0.3, 0.4) is 0 Å². The molecule has 1 rings (SSSR count). The van der Waals surface area contributed by atoms with Crippen LogP contribution >= 0.6 is 11.6 Å². The molecule has 100 valence electrons. The molecule has 1 aromatic carbocycles. The van der Waals surface area contributed by atoms with Crippen LogP contribution in [0.2, 0.25) is 5.02 Å². The number of halogens is 1. The normalized spacial score (nSPS) is 11.8. The quantitative estimate of drug-likeness (QED) is 0.893. The molecule has 0 heterocycles. The maximum atomic E-state index is 11.9. The molecule has 0 bridgehead atoms. The minimum atomic E-state index is -0.0589. The Hall–Kier alpha value is -1.42. The van der Waals surface area contributed by atoms with E-state index in [1.54, 1.807) is 12.1 Å². The second-order valence-corrected chi connectivity index (χ2v) is 4.39. The number of carbonyl (C=O) groups is 1. The summed E-state index contributed by atoms with van der Waals surface area (Å²) >= 11 is 5.99. The maximum Gasteiger partial charge on any atom is 0.227 e. The van der Waals surface area contributed by atoms with E-state index in [4.69, 9.17) is 21.1 Å². The SMILES string of the molecule is CC[C@@H](C)C(=O)Nc1cc(OC)c(Cl)cc1OC. The zero-order valence-corrected chi connectivity index (χ0v) is 11.8. The average molecular weight is 272 g/mol. The molecule has 0 aliphatic carbocycles. The Bertz CT molecular complexity index is 434. The molecule has 0 unspecified atom stereocenters. The number of hydrogen-bond acceptors (Lipinski definition) is 3. The van der Waals surface area contributed by atoms with Gasteiger partial charge in [-0.25, -0.2) is 0 Å². The monoisotopic (exact) mass is 271 g/mol. The van der Waals surface area contributed by atoms with Gasteiger partial charge in [0.15, 0.2) is 0 Å². The van der Waals surface area contributed by atoms with Crippen molar-refractivity contribution in [1.29, 1.82) is 0 Å². The lowest BCUT2D eigenvalue weighted by molar-refractivity contribution is -0.119. The molecular weight excluding hydrogens is 254 g/mol. The van der Waals surface area contributed by atoms with Gasteiger partial charge in [0.1, 0.15) is 11.5 Å². The summed E-state index contributed by atoms with van der Waals surface area (Å²) in [5, 5.41) is 3.25. The Balaban J connectivity index is 3.03. The van der Waals surface area contributed by atoms with E-state index in [2.05, 4.69) is 5.32 Å². The Morgan fingerprint density at radius 2 is 1.94 bits per heavy atom. The molecular formula is C13H18ClNO3. The van der Waals surface area contributed by atoms with Gasteiger partial charge in [-0.3, -0.25) is 4.79 Å². The summed E-state index contributed by atoms with van der Waals surface area (Å²) in [5.41, 5.74) is 0.559. The summed E-state index contributed by atoms with van der Waals surface area (Å²) in [6, 6.07) is 3.27. The smallest absolute Gasteiger partial charge is 0.227 e. The predicted octanol–water partition coefficient (Wildman–Crippen LogP) is 3.34. The zero-order valence-electron chi connectivity index (χ0n) is 11.0. The first kappa shape index (κ1) is 14.6. The van der Waals surface area contributed by atoms with Gasteiger partial charge in [-0.1, -0.05) is 25.4 Å². The third-order valence-corrected chi connectivity index (χ3v) is 3.09. The first-order valence-electron chi connectivity index (χ1n) is 5.75. The van der Waals surface area contributed by atoms with Gasteiger partial charge < -0.3 is 14.8 Å². The van der Waals surface area contributed by atoms with E-state index < -0.39 is 0 Å². The summed E-state index contributed by atoms with van der Waals surface area (Å²) in [6.45, 7) is 3.83. The number of amides is 1. The van der Waals surface area contributed by atoms with Gasteiger partial charge in [0.2, 0.25) is 5.91 Å². The summed E-state index contributed by atoms with van der Waals surface area (Å²) < 4.78 is 10.3. The van der Waals surface area contributed by atoms with Crippen molar-refractivity contribution in [2.75, 3.05) is 19.5 Å². The van der Waals surface area contributed by atoms with E-state index in [-0.39, 0.29) is 11.8 Å². The van der Waals surface area contributed by atoms with E-state index in [0.717, 1.165) is 6.42 Å². The number of methoxy groups -OCH3 is 2. The standard InChI is InChI=1S/C13H18ClNO3/c1-5-8(2)13(16)15-10-7-11(17-3)9(14)6-12(10)18-4/h6-8H,5H2,1-4H3,(H,15,16)/t8-/m1/s1. The number of carbonyl (C=O) groups excluding carboxylic acids is 1. The van der Waals surface area contributed by atoms with Crippen molar-refractivity contribution in [1.82, 2.24) is 0 Å². The number of rotatable bonds is 5. The lowest BCUT2D eigenvalue weighted by Gasteiger charge is -2.15. The third-order valence-electron chi connectivity index (χ3n) is 2.79. The van der Waals surface area contributed by atoms with E-state index >= 15 is 0 Å². The van der Waals surface area contributed by atoms with Crippen molar-refractivity contribution in [3.63, 3.8) is 0 Å². The summed E-state index contributed by atoms with van der Waals surface area (Å²) in [7, 11) is 3.05. The van der Waals surface area contributed by atoms with Gasteiger partial charge in [0.05, 0.1) is 24.9 Å². The van der Waals surface area contributed by atoms with Gasteiger partial charge >= 0.3 is 0 Å². The van der Waals surface area contributed by atoms with E-state index in [1.165, 1.54) is 14.2 Å². The van der Waals surface area contributed by atoms with Crippen LogP contribution in [0.4, 0.5) is 5.69 Å². The number of hydrogen-bond donors (Lipinski definition) is 1. The van der Waals surface area contributed by atoms with Gasteiger partial charge in [0.25, 0.3) is 0 Å². The molecule has 4 nitrogen and oxygen atoms in total. The third kappa shape index (κ3) is 3.29. The topological polar surface area (TPSA) is 47.6 Å². The van der Waals surface area contributed by atoms with Crippen LogP contribution in [0.15, 0.2) is 12.1 Å². The van der Waals surface area contributed by atoms with E-state index in [9.17, 15) is 4.79 Å². The molecule has 0 fully saturated rings. The predicted molar refractivity (Wildman–Crippen MR) is 72.6 cm³/mol. The Kier molecular flexibility index (Phi) is 5.28. The molecule has 0 aromatic heterocycles. The van der Waals surface area contributed by atoms with Crippen LogP contribution in [0.5, 0.6) is 11.5 Å². The Morgan fingerprint density at radius 1 is 1.33 bits per heavy atom. The molecule has 1 aromatic rings. The molecule has 1 atom stereocenters. The van der Waals surface area contributed by atoms with Crippen molar-refractivity contribution in [3.05, 3.63) is 17.2 Å². The molecule has 0 saturated carbocycles. The lowest BCUT2D eigenvalue weighted by Crippen LogP contribution is -2.20. The van der Waals surface area contributed by atoms with Crippen LogP contribution in [0.1, 0.15) is 20.3 Å². The van der Waals surface area contributed by atoms with Crippen LogP contribution < -0.4 is 14.8 Å². The van der Waals surface area contributed by atoms with E-state index in [0.29, 0.717) is 22.2 Å². The second-order valence-electron chi connectivity index (χ2n) is 3.99. The molecule has 18 heavy (non-hydrogen) atoms. The fraction of sp³-hybridized carbons (Fsp3) is 0.462. The minimum Gasteiger partial charge on any atom is -0.495 e. The fourth-order valence-electron chi connectivity index (χ4n) is 1.40. The number of benzene rings is 1. The van der Waals surface area contributed by atoms with Crippen molar-refractivity contribution in [3.8, 4) is 11.5 Å². The van der Waals surface area contributed by atoms with Crippen molar-refractivity contribution in [2.45, 2.75) is 20.3 Å². The van der Waals surface area contributed by atoms with Gasteiger partial charge in [0, 0.05) is 18.1 Å². The molecule has 0 radical (unpaired) electrons. The van der Waals surface area contributed by atoms with Crippen LogP contribution in [-0.4, -0.2) is 20.1 Å². The molecule has 1 amide bonds. The second kappa shape index (κ2) is 6.50. The minimum absolute atomic E-state index is 0.0554. The molecule has 5 heteroatoms. The lowest BCUT2D eigenvalue weighted by atomic mass is 10.1. The highest BCUT2D eigenvalue weighted by atomic mass is 35.5. The number of nitrogens with one attached hydrogen (secondary N) is 1. The largest absolute Gasteiger partial charge is 0.495 e. The molecule has 0 aliphatic rings. The molecule has 0 aliphatic heterocycles. The van der Waals surface area contributed by atoms with Gasteiger partial charge in [-0.15, -0.1) is 0 Å². The van der Waals surface area contributed by atoms with Gasteiger partial charge in [-0.05, 0) is 6.42 Å². The van der Waals surface area contributed by atoms with Crippen molar-refractivity contribution < 1.29 is 14.3 Å². The number of ether oxygens (including phenoxy) is 2. The molecule has 1 N–H and O–H groups in total. The van der Waals surface area contributed by atoms with Crippen LogP contribution in [-0.2, 0) is 4.79 Å². The highest BCUT2D eigenvalue weighted by Gasteiger charge is 2.15. The summed E-state index contributed by atoms with van der Waals surface area (Å²) in [5.74, 6) is 0.894. The molecule has 0 saturated heterocycles. The Morgan fingerprint density at radius 3 is 2.44 bits per heavy atom. The Labute approximate surface area is 112 Å². The van der Waals surface area contributed by atoms with Crippen LogP contribution in [0, 0.1) is 5.92 Å². The average Bonchev–Trinajstić information content (AvgIpc) is 2.38. The maximum absolute atomic E-state index is 11.9. The summed E-state index contributed by atoms with van der Waals surface area (Å²) in [6.07, 6.45) is 0.777. The highest BCUT2D eigenvalue weighted by molar-refractivity contribution is 6.32. The molecule has 0 spiro atoms. The number of anilines is 1.